The Morgan fingerprint density at radius 2 is 2.21 bits per heavy atom. The standard InChI is InChI=1S/C17H22N4O3/c1-11-6-8-21(13(10-11)14-5-4-12(2)24-14)17(23)19-15-16(22)20(3)9-7-18-15/h4-5,7,9,11,13H,6,8,10H2,1-3H3,(H,18,19,23)/t11-,13-/m0/s1. The van der Waals surface area contributed by atoms with E-state index < -0.39 is 0 Å². The molecule has 0 spiro atoms. The molecular formula is C17H22N4O3. The first-order valence-corrected chi connectivity index (χ1v) is 8.11. The van der Waals surface area contributed by atoms with Crippen molar-refractivity contribution in [1.29, 1.82) is 0 Å². The number of anilines is 1. The molecule has 0 saturated carbocycles. The minimum Gasteiger partial charge on any atom is -0.464 e. The number of carbonyl (C=O) groups excluding carboxylic acids is 1. The number of amides is 2. The molecule has 2 atom stereocenters. The van der Waals surface area contributed by atoms with Gasteiger partial charge in [0, 0.05) is 26.0 Å². The van der Waals surface area contributed by atoms with Gasteiger partial charge in [-0.15, -0.1) is 0 Å². The molecule has 0 unspecified atom stereocenters. The normalized spacial score (nSPS) is 20.9. The van der Waals surface area contributed by atoms with Crippen LogP contribution in [0.1, 0.15) is 37.3 Å². The summed E-state index contributed by atoms with van der Waals surface area (Å²) in [4.78, 5) is 30.5. The van der Waals surface area contributed by atoms with Crippen molar-refractivity contribution < 1.29 is 9.21 Å². The Balaban J connectivity index is 1.83. The van der Waals surface area contributed by atoms with Crippen molar-refractivity contribution in [3.63, 3.8) is 0 Å². The number of likely N-dealkylation sites (tertiary alicyclic amines) is 1. The fourth-order valence-electron chi connectivity index (χ4n) is 3.04. The fraction of sp³-hybridized carbons (Fsp3) is 0.471. The van der Waals surface area contributed by atoms with Crippen LogP contribution < -0.4 is 10.9 Å². The van der Waals surface area contributed by atoms with Crippen LogP contribution in [0.2, 0.25) is 0 Å². The Labute approximate surface area is 140 Å². The number of rotatable bonds is 2. The van der Waals surface area contributed by atoms with Crippen molar-refractivity contribution in [3.05, 3.63) is 46.4 Å². The highest BCUT2D eigenvalue weighted by molar-refractivity contribution is 5.88. The molecule has 0 bridgehead atoms. The summed E-state index contributed by atoms with van der Waals surface area (Å²) in [6.45, 7) is 4.68. The summed E-state index contributed by atoms with van der Waals surface area (Å²) in [5.41, 5.74) is -0.332. The van der Waals surface area contributed by atoms with Crippen LogP contribution in [-0.4, -0.2) is 27.0 Å². The number of hydrogen-bond acceptors (Lipinski definition) is 4. The van der Waals surface area contributed by atoms with Crippen LogP contribution in [0.4, 0.5) is 10.6 Å². The molecule has 3 rings (SSSR count). The molecule has 7 nitrogen and oxygen atoms in total. The lowest BCUT2D eigenvalue weighted by Crippen LogP contribution is -2.43. The zero-order valence-electron chi connectivity index (χ0n) is 14.2. The first-order valence-electron chi connectivity index (χ1n) is 8.11. The second-order valence-corrected chi connectivity index (χ2v) is 6.41. The van der Waals surface area contributed by atoms with Crippen LogP contribution in [0, 0.1) is 12.8 Å². The van der Waals surface area contributed by atoms with E-state index in [1.807, 2.05) is 19.1 Å². The smallest absolute Gasteiger partial charge is 0.323 e. The Morgan fingerprint density at radius 1 is 1.42 bits per heavy atom. The number of hydrogen-bond donors (Lipinski definition) is 1. The Morgan fingerprint density at radius 3 is 2.92 bits per heavy atom. The molecule has 0 aromatic carbocycles. The number of aryl methyl sites for hydroxylation is 2. The van der Waals surface area contributed by atoms with E-state index >= 15 is 0 Å². The lowest BCUT2D eigenvalue weighted by atomic mass is 9.91. The van der Waals surface area contributed by atoms with E-state index in [1.165, 1.54) is 10.8 Å². The molecule has 2 aromatic rings. The van der Waals surface area contributed by atoms with E-state index in [1.54, 1.807) is 18.1 Å². The third-order valence-electron chi connectivity index (χ3n) is 4.46. The Kier molecular flexibility index (Phi) is 4.42. The molecule has 1 fully saturated rings. The lowest BCUT2D eigenvalue weighted by molar-refractivity contribution is 0.128. The van der Waals surface area contributed by atoms with Gasteiger partial charge < -0.3 is 13.9 Å². The second kappa shape index (κ2) is 6.51. The Bertz CT molecular complexity index is 795. The molecule has 1 N–H and O–H groups in total. The van der Waals surface area contributed by atoms with Gasteiger partial charge in [0.15, 0.2) is 0 Å². The molecule has 1 saturated heterocycles. The van der Waals surface area contributed by atoms with Gasteiger partial charge in [-0.3, -0.25) is 10.1 Å². The fourth-order valence-corrected chi connectivity index (χ4v) is 3.04. The number of nitrogens with one attached hydrogen (secondary N) is 1. The van der Waals surface area contributed by atoms with Crippen LogP contribution in [0.3, 0.4) is 0 Å². The number of piperidine rings is 1. The maximum Gasteiger partial charge on any atom is 0.323 e. The van der Waals surface area contributed by atoms with Crippen molar-refractivity contribution in [3.8, 4) is 0 Å². The predicted molar refractivity (Wildman–Crippen MR) is 89.8 cm³/mol. The quantitative estimate of drug-likeness (QED) is 0.918. The summed E-state index contributed by atoms with van der Waals surface area (Å²) in [5.74, 6) is 2.15. The lowest BCUT2D eigenvalue weighted by Gasteiger charge is -2.37. The monoisotopic (exact) mass is 330 g/mol. The van der Waals surface area contributed by atoms with Gasteiger partial charge in [-0.25, -0.2) is 9.78 Å². The molecule has 2 aromatic heterocycles. The van der Waals surface area contributed by atoms with Crippen molar-refractivity contribution in [1.82, 2.24) is 14.5 Å². The van der Waals surface area contributed by atoms with Crippen LogP contribution in [0.25, 0.3) is 0 Å². The van der Waals surface area contributed by atoms with E-state index in [0.29, 0.717) is 12.5 Å². The van der Waals surface area contributed by atoms with Gasteiger partial charge in [-0.05, 0) is 37.8 Å². The second-order valence-electron chi connectivity index (χ2n) is 6.41. The summed E-state index contributed by atoms with van der Waals surface area (Å²) < 4.78 is 7.12. The molecule has 0 aliphatic carbocycles. The highest BCUT2D eigenvalue weighted by atomic mass is 16.3. The molecule has 24 heavy (non-hydrogen) atoms. The largest absolute Gasteiger partial charge is 0.464 e. The molecule has 7 heteroatoms. The number of carbonyl (C=O) groups is 1. The van der Waals surface area contributed by atoms with Crippen molar-refractivity contribution in [2.75, 3.05) is 11.9 Å². The van der Waals surface area contributed by atoms with Gasteiger partial charge >= 0.3 is 6.03 Å². The minimum atomic E-state index is -0.332. The Hall–Kier alpha value is -2.57. The van der Waals surface area contributed by atoms with Crippen LogP contribution in [-0.2, 0) is 7.05 Å². The average Bonchev–Trinajstić information content (AvgIpc) is 2.98. The zero-order valence-corrected chi connectivity index (χ0v) is 14.2. The first-order chi connectivity index (χ1) is 11.5. The molecule has 0 radical (unpaired) electrons. The highest BCUT2D eigenvalue weighted by Gasteiger charge is 2.33. The maximum absolute atomic E-state index is 12.7. The highest BCUT2D eigenvalue weighted by Crippen LogP contribution is 2.35. The van der Waals surface area contributed by atoms with E-state index in [-0.39, 0.29) is 23.5 Å². The summed E-state index contributed by atoms with van der Waals surface area (Å²) in [6, 6.07) is 3.36. The van der Waals surface area contributed by atoms with E-state index in [9.17, 15) is 9.59 Å². The minimum absolute atomic E-state index is 0.0398. The number of urea groups is 1. The molecule has 2 amide bonds. The van der Waals surface area contributed by atoms with Crippen molar-refractivity contribution >= 4 is 11.8 Å². The van der Waals surface area contributed by atoms with Crippen LogP contribution >= 0.6 is 0 Å². The number of furan rings is 1. The molecule has 3 heterocycles. The van der Waals surface area contributed by atoms with E-state index in [4.69, 9.17) is 4.42 Å². The van der Waals surface area contributed by atoms with E-state index in [2.05, 4.69) is 17.2 Å². The van der Waals surface area contributed by atoms with Crippen LogP contribution in [0.5, 0.6) is 0 Å². The predicted octanol–water partition coefficient (Wildman–Crippen LogP) is 2.69. The third kappa shape index (κ3) is 3.20. The summed E-state index contributed by atoms with van der Waals surface area (Å²) in [6.07, 6.45) is 4.79. The van der Waals surface area contributed by atoms with Gasteiger partial charge in [0.25, 0.3) is 5.56 Å². The number of nitrogens with zero attached hydrogens (tertiary/aromatic N) is 3. The molecule has 1 aliphatic rings. The maximum atomic E-state index is 12.7. The van der Waals surface area contributed by atoms with Gasteiger partial charge in [0.2, 0.25) is 5.82 Å². The van der Waals surface area contributed by atoms with Crippen molar-refractivity contribution in [2.24, 2.45) is 13.0 Å². The first kappa shape index (κ1) is 16.3. The summed E-state index contributed by atoms with van der Waals surface area (Å²) in [5, 5.41) is 2.64. The zero-order chi connectivity index (χ0) is 17.3. The SMILES string of the molecule is Cc1ccc([C@@H]2C[C@@H](C)CCN2C(=O)Nc2nccn(C)c2=O)o1. The van der Waals surface area contributed by atoms with Crippen molar-refractivity contribution in [2.45, 2.75) is 32.7 Å². The third-order valence-corrected chi connectivity index (χ3v) is 4.46. The summed E-state index contributed by atoms with van der Waals surface area (Å²) in [7, 11) is 1.62. The van der Waals surface area contributed by atoms with E-state index in [0.717, 1.165) is 24.4 Å². The van der Waals surface area contributed by atoms with Gasteiger partial charge in [0.1, 0.15) is 11.5 Å². The van der Waals surface area contributed by atoms with Gasteiger partial charge in [0.05, 0.1) is 6.04 Å². The molecule has 1 aliphatic heterocycles. The summed E-state index contributed by atoms with van der Waals surface area (Å²) >= 11 is 0. The average molecular weight is 330 g/mol. The molecule has 128 valence electrons. The van der Waals surface area contributed by atoms with Crippen LogP contribution in [0.15, 0.2) is 33.7 Å². The molecular weight excluding hydrogens is 308 g/mol. The number of aromatic nitrogens is 2. The van der Waals surface area contributed by atoms with Gasteiger partial charge in [-0.2, -0.15) is 0 Å². The topological polar surface area (TPSA) is 80.4 Å². The van der Waals surface area contributed by atoms with Gasteiger partial charge in [-0.1, -0.05) is 6.92 Å².